The number of aryl methyl sites for hydroxylation is 1. The zero-order chi connectivity index (χ0) is 23.5. The summed E-state index contributed by atoms with van der Waals surface area (Å²) in [5, 5.41) is 6.15. The minimum atomic E-state index is 0.478. The molecule has 2 heterocycles. The van der Waals surface area contributed by atoms with Crippen molar-refractivity contribution in [3.8, 4) is 11.4 Å². The second kappa shape index (κ2) is 9.15. The Hall–Kier alpha value is -4.52. The van der Waals surface area contributed by atoms with Crippen molar-refractivity contribution in [3.05, 3.63) is 96.1 Å². The number of nitrogens with zero attached hydrogens (tertiary/aromatic N) is 5. The zero-order valence-corrected chi connectivity index (χ0v) is 19.0. The molecule has 0 bridgehead atoms. The molecule has 0 aliphatic rings. The van der Waals surface area contributed by atoms with Crippen LogP contribution in [0.25, 0.3) is 27.5 Å². The van der Waals surface area contributed by atoms with Crippen LogP contribution in [0.4, 0.5) is 0 Å². The van der Waals surface area contributed by atoms with Crippen LogP contribution in [0.5, 0.6) is 5.75 Å². The number of hydrogen-bond acceptors (Lipinski definition) is 6. The molecule has 0 saturated carbocycles. The van der Waals surface area contributed by atoms with E-state index >= 15 is 0 Å². The molecule has 168 valence electrons. The normalized spacial score (nSPS) is 12.1. The van der Waals surface area contributed by atoms with Crippen molar-refractivity contribution in [2.24, 2.45) is 15.9 Å². The Balaban J connectivity index is 1.47. The lowest BCUT2D eigenvalue weighted by molar-refractivity contribution is 0.413. The summed E-state index contributed by atoms with van der Waals surface area (Å²) in [7, 11) is 1.64. The number of benzene rings is 3. The quantitative estimate of drug-likeness (QED) is 0.174. The van der Waals surface area contributed by atoms with Gasteiger partial charge in [0.1, 0.15) is 11.5 Å². The monoisotopic (exact) mass is 448 g/mol. The summed E-state index contributed by atoms with van der Waals surface area (Å²) >= 11 is 0. The maximum atomic E-state index is 5.74. The van der Waals surface area contributed by atoms with Crippen molar-refractivity contribution in [1.29, 1.82) is 0 Å². The third-order valence-corrected chi connectivity index (χ3v) is 5.77. The van der Waals surface area contributed by atoms with Crippen LogP contribution in [-0.4, -0.2) is 33.6 Å². The largest absolute Gasteiger partial charge is 0.495 e. The highest BCUT2D eigenvalue weighted by Crippen LogP contribution is 2.27. The van der Waals surface area contributed by atoms with Gasteiger partial charge >= 0.3 is 0 Å². The molecule has 0 saturated heterocycles. The molecular formula is C27H24N6O. The van der Waals surface area contributed by atoms with E-state index in [4.69, 9.17) is 20.6 Å². The molecule has 0 amide bonds. The maximum absolute atomic E-state index is 5.74. The van der Waals surface area contributed by atoms with Crippen molar-refractivity contribution < 1.29 is 4.74 Å². The molecule has 34 heavy (non-hydrogen) atoms. The number of ether oxygens (including phenoxy) is 1. The molecule has 0 aliphatic carbocycles. The minimum absolute atomic E-state index is 0.478. The molecular weight excluding hydrogens is 424 g/mol. The number of nitrogens with two attached hydrogens (primary N) is 1. The first kappa shape index (κ1) is 21.3. The van der Waals surface area contributed by atoms with Crippen molar-refractivity contribution in [3.63, 3.8) is 0 Å². The Morgan fingerprint density at radius 2 is 1.74 bits per heavy atom. The van der Waals surface area contributed by atoms with Gasteiger partial charge in [0.2, 0.25) is 0 Å². The van der Waals surface area contributed by atoms with Gasteiger partial charge in [-0.05, 0) is 36.8 Å². The van der Waals surface area contributed by atoms with E-state index in [1.54, 1.807) is 19.7 Å². The summed E-state index contributed by atoms with van der Waals surface area (Å²) in [6.07, 6.45) is 5.41. The molecule has 2 aromatic heterocycles. The van der Waals surface area contributed by atoms with Gasteiger partial charge in [-0.15, -0.1) is 0 Å². The summed E-state index contributed by atoms with van der Waals surface area (Å²) in [5.41, 5.74) is 6.22. The number of pyridine rings is 1. The van der Waals surface area contributed by atoms with E-state index in [0.717, 1.165) is 44.3 Å². The van der Waals surface area contributed by atoms with Crippen LogP contribution in [0.3, 0.4) is 0 Å². The zero-order valence-electron chi connectivity index (χ0n) is 19.0. The summed E-state index contributed by atoms with van der Waals surface area (Å²) < 4.78 is 7.54. The standard InChI is InChI=1S/C27H24N6O/c1-18-16-33(17-30-18)26-12-11-19(13-27(26)34-2)25(32-28)15-29-14-22-20-7-3-5-9-23(20)31-24-10-6-4-8-21(22)24/h3-13,15-17H,14,28H2,1-2H3/b29-15?,32-25+. The van der Waals surface area contributed by atoms with Crippen molar-refractivity contribution in [2.75, 3.05) is 7.11 Å². The van der Waals surface area contributed by atoms with Crippen LogP contribution in [0.2, 0.25) is 0 Å². The predicted molar refractivity (Wildman–Crippen MR) is 137 cm³/mol. The fourth-order valence-corrected chi connectivity index (χ4v) is 4.11. The highest BCUT2D eigenvalue weighted by Gasteiger charge is 2.11. The van der Waals surface area contributed by atoms with Crippen LogP contribution >= 0.6 is 0 Å². The average Bonchev–Trinajstić information content (AvgIpc) is 3.31. The second-order valence-electron chi connectivity index (χ2n) is 7.92. The van der Waals surface area contributed by atoms with Crippen LogP contribution in [0, 0.1) is 6.92 Å². The molecule has 0 aliphatic heterocycles. The summed E-state index contributed by atoms with van der Waals surface area (Å²) in [5.74, 6) is 6.43. The molecule has 5 rings (SSSR count). The van der Waals surface area contributed by atoms with E-state index in [1.165, 1.54) is 0 Å². The van der Waals surface area contributed by atoms with Gasteiger partial charge in [-0.3, -0.25) is 4.99 Å². The number of aliphatic imine (C=N–C) groups is 1. The number of hydrazone groups is 1. The molecule has 7 nitrogen and oxygen atoms in total. The summed E-state index contributed by atoms with van der Waals surface area (Å²) in [6, 6.07) is 22.1. The number of methoxy groups -OCH3 is 1. The number of aromatic nitrogens is 3. The highest BCUT2D eigenvalue weighted by atomic mass is 16.5. The highest BCUT2D eigenvalue weighted by molar-refractivity contribution is 6.38. The van der Waals surface area contributed by atoms with Gasteiger partial charge in [0.15, 0.2) is 0 Å². The number of imidazole rings is 1. The molecule has 2 N–H and O–H groups in total. The van der Waals surface area contributed by atoms with Gasteiger partial charge in [0.25, 0.3) is 0 Å². The Morgan fingerprint density at radius 1 is 1.03 bits per heavy atom. The van der Waals surface area contributed by atoms with E-state index in [-0.39, 0.29) is 0 Å². The molecule has 0 spiro atoms. The lowest BCUT2D eigenvalue weighted by Crippen LogP contribution is -2.08. The third-order valence-electron chi connectivity index (χ3n) is 5.77. The van der Waals surface area contributed by atoms with Gasteiger partial charge in [-0.1, -0.05) is 42.5 Å². The number of fused-ring (bicyclic) bond motifs is 2. The topological polar surface area (TPSA) is 90.7 Å². The van der Waals surface area contributed by atoms with Gasteiger partial charge in [0, 0.05) is 28.7 Å². The van der Waals surface area contributed by atoms with Crippen molar-refractivity contribution >= 4 is 33.7 Å². The fraction of sp³-hybridized carbons (Fsp3) is 0.111. The van der Waals surface area contributed by atoms with Gasteiger partial charge in [0.05, 0.1) is 42.4 Å². The molecule has 0 atom stereocenters. The Morgan fingerprint density at radius 3 is 2.35 bits per heavy atom. The first-order valence-corrected chi connectivity index (χ1v) is 10.9. The van der Waals surface area contributed by atoms with E-state index < -0.39 is 0 Å². The molecule has 0 fully saturated rings. The molecule has 3 aromatic carbocycles. The number of para-hydroxylation sites is 2. The first-order valence-electron chi connectivity index (χ1n) is 10.9. The predicted octanol–water partition coefficient (Wildman–Crippen LogP) is 4.82. The fourth-order valence-electron chi connectivity index (χ4n) is 4.11. The molecule has 0 radical (unpaired) electrons. The maximum Gasteiger partial charge on any atom is 0.143 e. The second-order valence-corrected chi connectivity index (χ2v) is 7.92. The van der Waals surface area contributed by atoms with E-state index in [0.29, 0.717) is 18.0 Å². The smallest absolute Gasteiger partial charge is 0.143 e. The summed E-state index contributed by atoms with van der Waals surface area (Å²) in [4.78, 5) is 13.8. The van der Waals surface area contributed by atoms with Crippen LogP contribution in [0.15, 0.2) is 89.3 Å². The van der Waals surface area contributed by atoms with Gasteiger partial charge in [-0.2, -0.15) is 5.10 Å². The molecule has 5 aromatic rings. The van der Waals surface area contributed by atoms with Crippen molar-refractivity contribution in [1.82, 2.24) is 14.5 Å². The minimum Gasteiger partial charge on any atom is -0.495 e. The lowest BCUT2D eigenvalue weighted by atomic mass is 10.0. The third kappa shape index (κ3) is 3.99. The molecule has 0 unspecified atom stereocenters. The van der Waals surface area contributed by atoms with Gasteiger partial charge < -0.3 is 15.1 Å². The van der Waals surface area contributed by atoms with Gasteiger partial charge in [-0.25, -0.2) is 9.97 Å². The Kier molecular flexibility index (Phi) is 5.74. The molecule has 7 heteroatoms. The van der Waals surface area contributed by atoms with Crippen LogP contribution < -0.4 is 10.6 Å². The van der Waals surface area contributed by atoms with Crippen LogP contribution in [-0.2, 0) is 6.54 Å². The number of rotatable bonds is 6. The summed E-state index contributed by atoms with van der Waals surface area (Å²) in [6.45, 7) is 2.42. The van der Waals surface area contributed by atoms with Crippen molar-refractivity contribution in [2.45, 2.75) is 13.5 Å². The SMILES string of the molecule is COc1cc(/C(C=NCc2c3ccccc3nc3ccccc23)=N/N)ccc1-n1cnc(C)c1. The first-order chi connectivity index (χ1) is 16.7. The lowest BCUT2D eigenvalue weighted by Gasteiger charge is -2.11. The Labute approximate surface area is 197 Å². The number of hydrogen-bond donors (Lipinski definition) is 1. The van der Waals surface area contributed by atoms with E-state index in [2.05, 4.69) is 22.2 Å². The van der Waals surface area contributed by atoms with Crippen LogP contribution in [0.1, 0.15) is 16.8 Å². The van der Waals surface area contributed by atoms with E-state index in [1.807, 2.05) is 72.3 Å². The Bertz CT molecular complexity index is 1500. The average molecular weight is 449 g/mol. The van der Waals surface area contributed by atoms with E-state index in [9.17, 15) is 0 Å².